The van der Waals surface area contributed by atoms with Crippen LogP contribution in [0.15, 0.2) is 81.4 Å². The van der Waals surface area contributed by atoms with Crippen molar-refractivity contribution >= 4 is 45.0 Å². The molecule has 3 rings (SSSR count). The number of rotatable bonds is 8. The lowest BCUT2D eigenvalue weighted by Crippen LogP contribution is -2.41. The number of carbonyl (C=O) groups is 2. The van der Waals surface area contributed by atoms with E-state index in [1.54, 1.807) is 23.9 Å². The summed E-state index contributed by atoms with van der Waals surface area (Å²) in [6.07, 6.45) is 0. The van der Waals surface area contributed by atoms with E-state index >= 15 is 0 Å². The van der Waals surface area contributed by atoms with E-state index in [0.29, 0.717) is 11.4 Å². The number of nitrogens with one attached hydrogen (secondary N) is 3. The fraction of sp³-hybridized carbons (Fsp3) is 0.200. The molecule has 0 aliphatic carbocycles. The first-order valence-corrected chi connectivity index (χ1v) is 12.9. The Kier molecular flexibility index (Phi) is 8.14. The Bertz CT molecular complexity index is 1290. The van der Waals surface area contributed by atoms with Gasteiger partial charge < -0.3 is 10.6 Å². The van der Waals surface area contributed by atoms with Gasteiger partial charge in [-0.3, -0.25) is 9.59 Å². The van der Waals surface area contributed by atoms with Crippen LogP contribution in [0.3, 0.4) is 0 Å². The summed E-state index contributed by atoms with van der Waals surface area (Å²) in [5, 5.41) is 5.31. The van der Waals surface area contributed by atoms with Crippen molar-refractivity contribution in [2.24, 2.45) is 0 Å². The molecule has 0 aromatic heterocycles. The van der Waals surface area contributed by atoms with E-state index < -0.39 is 22.0 Å². The Hall–Kier alpha value is -3.14. The van der Waals surface area contributed by atoms with E-state index in [4.69, 9.17) is 0 Å². The molecule has 2 amide bonds. The van der Waals surface area contributed by atoms with E-state index in [0.717, 1.165) is 9.79 Å². The summed E-state index contributed by atoms with van der Waals surface area (Å²) >= 11 is 1.64. The van der Waals surface area contributed by atoms with Crippen molar-refractivity contribution in [3.05, 3.63) is 77.9 Å². The molecule has 0 unspecified atom stereocenters. The van der Waals surface area contributed by atoms with Gasteiger partial charge in [0.1, 0.15) is 0 Å². The molecule has 0 aliphatic rings. The zero-order chi connectivity index (χ0) is 24.9. The van der Waals surface area contributed by atoms with Gasteiger partial charge in [-0.15, -0.1) is 0 Å². The summed E-state index contributed by atoms with van der Waals surface area (Å²) in [5.41, 5.74) is 3.47. The average molecular weight is 498 g/mol. The van der Waals surface area contributed by atoms with E-state index in [2.05, 4.69) is 47.4 Å². The fourth-order valence-electron chi connectivity index (χ4n) is 3.17. The number of anilines is 2. The predicted octanol–water partition coefficient (Wildman–Crippen LogP) is 4.72. The predicted molar refractivity (Wildman–Crippen MR) is 136 cm³/mol. The van der Waals surface area contributed by atoms with E-state index in [-0.39, 0.29) is 10.8 Å². The molecular weight excluding hydrogens is 470 g/mol. The smallest absolute Gasteiger partial charge is 0.242 e. The second-order valence-corrected chi connectivity index (χ2v) is 10.8. The van der Waals surface area contributed by atoms with Crippen molar-refractivity contribution in [1.82, 2.24) is 4.72 Å². The van der Waals surface area contributed by atoms with Crippen molar-refractivity contribution in [1.29, 1.82) is 0 Å². The summed E-state index contributed by atoms with van der Waals surface area (Å²) in [6, 6.07) is 18.4. The molecule has 0 saturated carbocycles. The molecule has 3 aromatic rings. The lowest BCUT2D eigenvalue weighted by molar-refractivity contribution is -0.117. The van der Waals surface area contributed by atoms with Crippen molar-refractivity contribution < 1.29 is 18.0 Å². The number of benzene rings is 3. The molecule has 3 N–H and O–H groups in total. The molecule has 0 bridgehead atoms. The molecule has 0 heterocycles. The first-order valence-electron chi connectivity index (χ1n) is 10.6. The maximum Gasteiger partial charge on any atom is 0.242 e. The number of sulfonamides is 1. The summed E-state index contributed by atoms with van der Waals surface area (Å²) < 4.78 is 27.6. The topological polar surface area (TPSA) is 104 Å². The minimum Gasteiger partial charge on any atom is -0.326 e. The third kappa shape index (κ3) is 6.93. The molecule has 34 heavy (non-hydrogen) atoms. The summed E-state index contributed by atoms with van der Waals surface area (Å²) in [6.45, 7) is 6.97. The van der Waals surface area contributed by atoms with Gasteiger partial charge in [0.2, 0.25) is 21.8 Å². The average Bonchev–Trinajstić information content (AvgIpc) is 2.76. The van der Waals surface area contributed by atoms with E-state index in [9.17, 15) is 18.0 Å². The van der Waals surface area contributed by atoms with Crippen molar-refractivity contribution in [2.75, 3.05) is 10.6 Å². The highest BCUT2D eigenvalue weighted by Crippen LogP contribution is 2.31. The van der Waals surface area contributed by atoms with Crippen molar-refractivity contribution in [2.45, 2.75) is 48.4 Å². The summed E-state index contributed by atoms with van der Waals surface area (Å²) in [4.78, 5) is 25.8. The van der Waals surface area contributed by atoms with Gasteiger partial charge in [-0.2, -0.15) is 4.72 Å². The molecule has 0 fully saturated rings. The van der Waals surface area contributed by atoms with Crippen LogP contribution in [0, 0.1) is 13.8 Å². The minimum atomic E-state index is -3.92. The first kappa shape index (κ1) is 25.5. The molecule has 0 aliphatic heterocycles. The standard InChI is InChI=1S/C25H27N3O4S2/c1-16-5-14-24(17(2)15-16)33-22-10-6-21(7-11-22)27-25(30)18(3)28-34(31,32)23-12-8-20(9-13-23)26-19(4)29/h5-15,18,28H,1-4H3,(H,26,29)(H,27,30)/t18-/m0/s1. The van der Waals surface area contributed by atoms with Crippen LogP contribution in [-0.2, 0) is 19.6 Å². The Morgan fingerprint density at radius 3 is 2.03 bits per heavy atom. The molecule has 7 nitrogen and oxygen atoms in total. The largest absolute Gasteiger partial charge is 0.326 e. The molecule has 0 radical (unpaired) electrons. The number of hydrogen-bond acceptors (Lipinski definition) is 5. The van der Waals surface area contributed by atoms with Crippen LogP contribution in [-0.4, -0.2) is 26.3 Å². The van der Waals surface area contributed by atoms with E-state index in [1.165, 1.54) is 49.2 Å². The van der Waals surface area contributed by atoms with Crippen LogP contribution >= 0.6 is 11.8 Å². The van der Waals surface area contributed by atoms with Gasteiger partial charge >= 0.3 is 0 Å². The molecule has 3 aromatic carbocycles. The normalized spacial score (nSPS) is 12.1. The van der Waals surface area contributed by atoms with Gasteiger partial charge in [-0.1, -0.05) is 29.5 Å². The van der Waals surface area contributed by atoms with Crippen LogP contribution in [0.5, 0.6) is 0 Å². The highest BCUT2D eigenvalue weighted by Gasteiger charge is 2.22. The Morgan fingerprint density at radius 1 is 0.853 bits per heavy atom. The molecular formula is C25H27N3O4S2. The third-order valence-electron chi connectivity index (χ3n) is 4.89. The second kappa shape index (κ2) is 10.9. The molecule has 0 saturated heterocycles. The van der Waals surface area contributed by atoms with Crippen molar-refractivity contribution in [3.8, 4) is 0 Å². The zero-order valence-electron chi connectivity index (χ0n) is 19.4. The first-order chi connectivity index (χ1) is 16.0. The maximum atomic E-state index is 12.6. The maximum absolute atomic E-state index is 12.6. The molecule has 9 heteroatoms. The van der Waals surface area contributed by atoms with Crippen LogP contribution < -0.4 is 15.4 Å². The highest BCUT2D eigenvalue weighted by molar-refractivity contribution is 7.99. The van der Waals surface area contributed by atoms with Crippen LogP contribution in [0.1, 0.15) is 25.0 Å². The van der Waals surface area contributed by atoms with Crippen LogP contribution in [0.2, 0.25) is 0 Å². The van der Waals surface area contributed by atoms with Gasteiger partial charge in [0.15, 0.2) is 0 Å². The van der Waals surface area contributed by atoms with Gasteiger partial charge in [-0.25, -0.2) is 8.42 Å². The molecule has 178 valence electrons. The van der Waals surface area contributed by atoms with Crippen LogP contribution in [0.4, 0.5) is 11.4 Å². The Morgan fingerprint density at radius 2 is 1.44 bits per heavy atom. The van der Waals surface area contributed by atoms with Gasteiger partial charge in [-0.05, 0) is 80.9 Å². The lowest BCUT2D eigenvalue weighted by atomic mass is 10.2. The van der Waals surface area contributed by atoms with Gasteiger partial charge in [0.25, 0.3) is 0 Å². The fourth-order valence-corrected chi connectivity index (χ4v) is 5.26. The second-order valence-electron chi connectivity index (χ2n) is 7.93. The van der Waals surface area contributed by atoms with Crippen molar-refractivity contribution in [3.63, 3.8) is 0 Å². The number of hydrogen-bond donors (Lipinski definition) is 3. The monoisotopic (exact) mass is 497 g/mol. The summed E-state index contributed by atoms with van der Waals surface area (Å²) in [5.74, 6) is -0.732. The zero-order valence-corrected chi connectivity index (χ0v) is 21.0. The number of amides is 2. The highest BCUT2D eigenvalue weighted by atomic mass is 32.2. The Labute approximate surface area is 204 Å². The lowest BCUT2D eigenvalue weighted by Gasteiger charge is -2.15. The van der Waals surface area contributed by atoms with Gasteiger partial charge in [0.05, 0.1) is 10.9 Å². The SMILES string of the molecule is CC(=O)Nc1ccc(S(=O)(=O)N[C@@H](C)C(=O)Nc2ccc(Sc3ccc(C)cc3C)cc2)cc1. The molecule has 0 spiro atoms. The third-order valence-corrected chi connectivity index (χ3v) is 7.63. The Balaban J connectivity index is 1.59. The van der Waals surface area contributed by atoms with E-state index in [1.807, 2.05) is 12.1 Å². The van der Waals surface area contributed by atoms with Crippen LogP contribution in [0.25, 0.3) is 0 Å². The number of carbonyl (C=O) groups excluding carboxylic acids is 2. The number of aryl methyl sites for hydroxylation is 2. The van der Waals surface area contributed by atoms with Gasteiger partial charge in [0, 0.05) is 28.1 Å². The molecule has 1 atom stereocenters. The quantitative estimate of drug-likeness (QED) is 0.418. The summed E-state index contributed by atoms with van der Waals surface area (Å²) in [7, 11) is -3.92. The minimum absolute atomic E-state index is 0.00553.